The van der Waals surface area contributed by atoms with E-state index in [0.717, 1.165) is 22.3 Å². The van der Waals surface area contributed by atoms with Crippen molar-refractivity contribution in [1.82, 2.24) is 19.5 Å². The number of hydroxylamine groups is 1. The van der Waals surface area contributed by atoms with Crippen molar-refractivity contribution in [3.8, 4) is 10.4 Å². The second kappa shape index (κ2) is 13.4. The highest BCUT2D eigenvalue weighted by atomic mass is 32.1. The molecule has 2 heterocycles. The van der Waals surface area contributed by atoms with Gasteiger partial charge >= 0.3 is 11.7 Å². The fraction of sp³-hybridized carbons (Fsp3) is 0.345. The lowest BCUT2D eigenvalue weighted by atomic mass is 10.1. The number of hydrogen-bond donors (Lipinski definition) is 2. The molecule has 0 radical (unpaired) electrons. The average Bonchev–Trinajstić information content (AvgIpc) is 3.30. The highest BCUT2D eigenvalue weighted by Gasteiger charge is 2.25. The van der Waals surface area contributed by atoms with Gasteiger partial charge < -0.3 is 10.1 Å². The Morgan fingerprint density at radius 1 is 1.05 bits per heavy atom. The zero-order valence-electron chi connectivity index (χ0n) is 24.0. The van der Waals surface area contributed by atoms with Crippen molar-refractivity contribution in [1.29, 1.82) is 0 Å². The molecule has 10 nitrogen and oxygen atoms in total. The van der Waals surface area contributed by atoms with Crippen LogP contribution in [-0.4, -0.2) is 54.5 Å². The monoisotopic (exact) mass is 601 g/mol. The molecule has 0 fully saturated rings. The maximum atomic E-state index is 14.7. The lowest BCUT2D eigenvalue weighted by molar-refractivity contribution is 0.114. The highest BCUT2D eigenvalue weighted by Crippen LogP contribution is 2.38. The van der Waals surface area contributed by atoms with Gasteiger partial charge in [0.05, 0.1) is 25.6 Å². The van der Waals surface area contributed by atoms with Gasteiger partial charge in [-0.05, 0) is 56.3 Å². The second-order valence-electron chi connectivity index (χ2n) is 10.00. The fourth-order valence-corrected chi connectivity index (χ4v) is 5.96. The number of thiophene rings is 1. The first-order valence-electron chi connectivity index (χ1n) is 13.2. The van der Waals surface area contributed by atoms with Crippen molar-refractivity contribution >= 4 is 33.3 Å². The van der Waals surface area contributed by atoms with Crippen molar-refractivity contribution in [2.75, 3.05) is 39.7 Å². The molecular weight excluding hydrogens is 568 g/mol. The van der Waals surface area contributed by atoms with Crippen LogP contribution >= 0.6 is 11.3 Å². The number of aromatic nitrogens is 2. The summed E-state index contributed by atoms with van der Waals surface area (Å²) >= 11 is 1.20. The molecule has 0 bridgehead atoms. The highest BCUT2D eigenvalue weighted by molar-refractivity contribution is 7.22. The minimum absolute atomic E-state index is 0.270. The Bertz CT molecular complexity index is 1680. The molecule has 0 aliphatic rings. The summed E-state index contributed by atoms with van der Waals surface area (Å²) in [5.41, 5.74) is 2.70. The summed E-state index contributed by atoms with van der Waals surface area (Å²) in [6.07, 6.45) is 0. The van der Waals surface area contributed by atoms with Crippen LogP contribution in [0.15, 0.2) is 52.1 Å². The zero-order chi connectivity index (χ0) is 30.6. The van der Waals surface area contributed by atoms with Gasteiger partial charge in [0.25, 0.3) is 5.56 Å². The summed E-state index contributed by atoms with van der Waals surface area (Å²) in [7, 11) is 4.81. The predicted molar refractivity (Wildman–Crippen MR) is 159 cm³/mol. The van der Waals surface area contributed by atoms with Gasteiger partial charge in [-0.15, -0.1) is 11.3 Å². The molecule has 4 rings (SSSR count). The minimum Gasteiger partial charge on any atom is -0.383 e. The predicted octanol–water partition coefficient (Wildman–Crippen LogP) is 4.56. The van der Waals surface area contributed by atoms with Gasteiger partial charge in [-0.25, -0.2) is 23.9 Å². The number of carbonyl (C=O) groups excluding carboxylic acids is 1. The third kappa shape index (κ3) is 6.44. The van der Waals surface area contributed by atoms with E-state index in [9.17, 15) is 23.2 Å². The first-order chi connectivity index (χ1) is 20.1. The van der Waals surface area contributed by atoms with E-state index in [4.69, 9.17) is 4.74 Å². The van der Waals surface area contributed by atoms with Crippen LogP contribution in [-0.2, 0) is 22.7 Å². The maximum absolute atomic E-state index is 14.7. The smallest absolute Gasteiger partial charge is 0.343 e. The van der Waals surface area contributed by atoms with Gasteiger partial charge in [0.2, 0.25) is 0 Å². The average molecular weight is 602 g/mol. The molecule has 0 atom stereocenters. The number of anilines is 1. The Morgan fingerprint density at radius 3 is 2.31 bits per heavy atom. The maximum Gasteiger partial charge on any atom is 0.343 e. The molecule has 0 aliphatic heterocycles. The van der Waals surface area contributed by atoms with E-state index in [0.29, 0.717) is 46.0 Å². The van der Waals surface area contributed by atoms with Crippen LogP contribution < -0.4 is 22.0 Å². The van der Waals surface area contributed by atoms with Crippen molar-refractivity contribution in [3.05, 3.63) is 86.1 Å². The van der Waals surface area contributed by atoms with Crippen LogP contribution in [0.2, 0.25) is 0 Å². The number of fused-ring (bicyclic) bond motifs is 1. The molecule has 42 heavy (non-hydrogen) atoms. The number of benzene rings is 2. The van der Waals surface area contributed by atoms with Crippen molar-refractivity contribution in [3.63, 3.8) is 0 Å². The van der Waals surface area contributed by atoms with E-state index in [-0.39, 0.29) is 5.56 Å². The van der Waals surface area contributed by atoms with E-state index < -0.39 is 41.5 Å². The van der Waals surface area contributed by atoms with Gasteiger partial charge in [0, 0.05) is 42.4 Å². The summed E-state index contributed by atoms with van der Waals surface area (Å²) in [6, 6.07) is 9.44. The van der Waals surface area contributed by atoms with Gasteiger partial charge in [-0.3, -0.25) is 23.7 Å². The number of nitrogens with one attached hydrogen (secondary N) is 2. The van der Waals surface area contributed by atoms with E-state index in [1.54, 1.807) is 45.2 Å². The summed E-state index contributed by atoms with van der Waals surface area (Å²) in [6.45, 7) is 4.41. The molecule has 2 amide bonds. The number of likely N-dealkylation sites (N-methyl/N-ethyl adjacent to an activating group) is 1. The molecular formula is C29H33F2N5O5S. The summed E-state index contributed by atoms with van der Waals surface area (Å²) in [5.74, 6) is -1.57. The van der Waals surface area contributed by atoms with E-state index in [1.165, 1.54) is 29.1 Å². The standard InChI is InChI=1S/C29H33F2N5O5S/c1-17(2)36-26(37)24-21(15-34(3)13-14-40-4)25(18-9-11-19(12-10-18)32-28(38)33-41-5)42-27(24)35(29(36)39)16-20-22(30)7-6-8-23(20)31/h6-12,17H,13-16H2,1-5H3,(H2,32,33,38). The van der Waals surface area contributed by atoms with Crippen LogP contribution in [0.3, 0.4) is 0 Å². The molecule has 13 heteroatoms. The number of halogens is 2. The number of methoxy groups -OCH3 is 1. The lowest BCUT2D eigenvalue weighted by Gasteiger charge is -2.18. The second-order valence-corrected chi connectivity index (χ2v) is 11.0. The normalized spacial score (nSPS) is 11.5. The molecule has 0 unspecified atom stereocenters. The lowest BCUT2D eigenvalue weighted by Crippen LogP contribution is -2.41. The van der Waals surface area contributed by atoms with Crippen molar-refractivity contribution in [2.24, 2.45) is 0 Å². The van der Waals surface area contributed by atoms with E-state index in [1.807, 2.05) is 11.9 Å². The topological polar surface area (TPSA) is 107 Å². The van der Waals surface area contributed by atoms with Crippen LogP contribution in [0.25, 0.3) is 20.7 Å². The van der Waals surface area contributed by atoms with Gasteiger partial charge in [0.1, 0.15) is 16.5 Å². The van der Waals surface area contributed by atoms with Crippen molar-refractivity contribution < 1.29 is 23.1 Å². The van der Waals surface area contributed by atoms with Crippen molar-refractivity contribution in [2.45, 2.75) is 33.0 Å². The number of carbonyl (C=O) groups is 1. The summed E-state index contributed by atoms with van der Waals surface area (Å²) < 4.78 is 37.1. The number of ether oxygens (including phenoxy) is 1. The van der Waals surface area contributed by atoms with Gasteiger partial charge in [-0.2, -0.15) is 0 Å². The molecule has 2 N–H and O–H groups in total. The molecule has 0 aliphatic carbocycles. The summed E-state index contributed by atoms with van der Waals surface area (Å²) in [4.78, 5) is 47.1. The first kappa shape index (κ1) is 31.0. The molecule has 0 saturated heterocycles. The van der Waals surface area contributed by atoms with Gasteiger partial charge in [-0.1, -0.05) is 18.2 Å². The first-order valence-corrected chi connectivity index (χ1v) is 14.0. The number of nitrogens with zero attached hydrogens (tertiary/aromatic N) is 3. The molecule has 4 aromatic rings. The Labute approximate surface area is 245 Å². The van der Waals surface area contributed by atoms with E-state index in [2.05, 4.69) is 15.6 Å². The zero-order valence-corrected chi connectivity index (χ0v) is 24.8. The Kier molecular flexibility index (Phi) is 9.89. The SMILES string of the molecule is COCCN(C)Cc1c(-c2ccc(NC(=O)NOC)cc2)sc2c1c(=O)n(C(C)C)c(=O)n2Cc1c(F)cccc1F. The number of hydrogen-bond acceptors (Lipinski definition) is 7. The molecule has 224 valence electrons. The minimum atomic E-state index is -0.783. The van der Waals surface area contributed by atoms with Gasteiger partial charge in [0.15, 0.2) is 0 Å². The fourth-order valence-electron chi connectivity index (χ4n) is 4.66. The number of urea groups is 1. The third-order valence-corrected chi connectivity index (χ3v) is 8.01. The Hall–Kier alpha value is -3.91. The van der Waals surface area contributed by atoms with E-state index >= 15 is 0 Å². The molecule has 0 saturated carbocycles. The molecule has 2 aromatic carbocycles. The van der Waals surface area contributed by atoms with Crippen LogP contribution in [0.5, 0.6) is 0 Å². The van der Waals surface area contributed by atoms with Crippen LogP contribution in [0.4, 0.5) is 19.3 Å². The largest absolute Gasteiger partial charge is 0.383 e. The third-order valence-electron chi connectivity index (χ3n) is 6.70. The van der Waals surface area contributed by atoms with Crippen LogP contribution in [0.1, 0.15) is 31.0 Å². The number of amides is 2. The molecule has 0 spiro atoms. The Balaban J connectivity index is 1.97. The quantitative estimate of drug-likeness (QED) is 0.244. The summed E-state index contributed by atoms with van der Waals surface area (Å²) in [5, 5.41) is 2.95. The Morgan fingerprint density at radius 2 is 1.71 bits per heavy atom. The number of rotatable bonds is 11. The molecule has 2 aromatic heterocycles. The van der Waals surface area contributed by atoms with Crippen LogP contribution in [0, 0.1) is 11.6 Å².